The molecular weight excluding hydrogens is 298 g/mol. The molecular formula is C16H15N3O2S. The summed E-state index contributed by atoms with van der Waals surface area (Å²) < 4.78 is 5.32. The van der Waals surface area contributed by atoms with Crippen LogP contribution in [0.2, 0.25) is 0 Å². The molecule has 1 aliphatic heterocycles. The number of thiophene rings is 1. The molecule has 1 fully saturated rings. The number of carbonyl (C=O) groups excluding carboxylic acids is 1. The molecule has 3 aromatic rings. The average Bonchev–Trinajstić information content (AvgIpc) is 3.35. The van der Waals surface area contributed by atoms with Gasteiger partial charge in [0.25, 0.3) is 5.91 Å². The molecule has 0 unspecified atom stereocenters. The third-order valence-corrected chi connectivity index (χ3v) is 4.73. The van der Waals surface area contributed by atoms with Crippen LogP contribution in [0, 0.1) is 0 Å². The number of aromatic amines is 1. The van der Waals surface area contributed by atoms with E-state index in [1.54, 1.807) is 23.7 Å². The largest absolute Gasteiger partial charge is 0.463 e. The smallest absolute Gasteiger partial charge is 0.274 e. The molecule has 3 aromatic heterocycles. The van der Waals surface area contributed by atoms with Gasteiger partial charge in [-0.05, 0) is 47.4 Å². The summed E-state index contributed by atoms with van der Waals surface area (Å²) in [7, 11) is 0. The molecule has 22 heavy (non-hydrogen) atoms. The van der Waals surface area contributed by atoms with Crippen LogP contribution in [0.25, 0.3) is 11.5 Å². The van der Waals surface area contributed by atoms with Crippen molar-refractivity contribution < 1.29 is 9.21 Å². The van der Waals surface area contributed by atoms with Crippen molar-refractivity contribution >= 4 is 17.2 Å². The maximum Gasteiger partial charge on any atom is 0.274 e. The number of aromatic nitrogens is 2. The summed E-state index contributed by atoms with van der Waals surface area (Å²) in [6.45, 7) is 0.780. The molecule has 5 nitrogen and oxygen atoms in total. The number of likely N-dealkylation sites (tertiary alicyclic amines) is 1. The number of nitrogens with zero attached hydrogens (tertiary/aromatic N) is 2. The standard InChI is InChI=1S/C16H15N3O2S/c20-16(13-9-12(17-18-13)15-4-2-7-21-15)19-6-1-3-14(19)11-5-8-22-10-11/h2,4-5,7-10,14H,1,3,6H2,(H,17,18)/t14-/m1/s1. The van der Waals surface area contributed by atoms with Gasteiger partial charge in [-0.25, -0.2) is 0 Å². The van der Waals surface area contributed by atoms with E-state index in [0.717, 1.165) is 25.1 Å². The Morgan fingerprint density at radius 2 is 2.41 bits per heavy atom. The van der Waals surface area contributed by atoms with Crippen LogP contribution in [-0.4, -0.2) is 27.5 Å². The molecule has 1 N–H and O–H groups in total. The summed E-state index contributed by atoms with van der Waals surface area (Å²) in [5.74, 6) is 0.658. The zero-order valence-corrected chi connectivity index (χ0v) is 12.7. The molecule has 4 heterocycles. The number of nitrogens with one attached hydrogen (secondary N) is 1. The molecule has 0 radical (unpaired) electrons. The third kappa shape index (κ3) is 2.25. The highest BCUT2D eigenvalue weighted by atomic mass is 32.1. The summed E-state index contributed by atoms with van der Waals surface area (Å²) in [6, 6.07) is 7.67. The molecule has 0 aromatic carbocycles. The summed E-state index contributed by atoms with van der Waals surface area (Å²) >= 11 is 1.67. The molecule has 1 aliphatic rings. The van der Waals surface area contributed by atoms with E-state index in [-0.39, 0.29) is 11.9 Å². The normalized spacial score (nSPS) is 18.0. The van der Waals surface area contributed by atoms with E-state index < -0.39 is 0 Å². The first-order chi connectivity index (χ1) is 10.8. The van der Waals surface area contributed by atoms with E-state index in [2.05, 4.69) is 27.0 Å². The molecule has 1 amide bonds. The molecule has 112 valence electrons. The number of hydrogen-bond donors (Lipinski definition) is 1. The monoisotopic (exact) mass is 313 g/mol. The second kappa shape index (κ2) is 5.46. The van der Waals surface area contributed by atoms with Crippen LogP contribution in [0.3, 0.4) is 0 Å². The van der Waals surface area contributed by atoms with Gasteiger partial charge in [-0.15, -0.1) is 0 Å². The lowest BCUT2D eigenvalue weighted by molar-refractivity contribution is 0.0730. The highest BCUT2D eigenvalue weighted by Crippen LogP contribution is 2.34. The molecule has 0 bridgehead atoms. The Morgan fingerprint density at radius 1 is 1.45 bits per heavy atom. The maximum absolute atomic E-state index is 12.8. The summed E-state index contributed by atoms with van der Waals surface area (Å²) in [4.78, 5) is 14.7. The number of rotatable bonds is 3. The van der Waals surface area contributed by atoms with Gasteiger partial charge in [0.2, 0.25) is 0 Å². The lowest BCUT2D eigenvalue weighted by Gasteiger charge is -2.23. The van der Waals surface area contributed by atoms with Crippen molar-refractivity contribution in [3.63, 3.8) is 0 Å². The molecule has 0 saturated carbocycles. The predicted molar refractivity (Wildman–Crippen MR) is 83.6 cm³/mol. The third-order valence-electron chi connectivity index (χ3n) is 4.03. The van der Waals surface area contributed by atoms with Gasteiger partial charge in [-0.3, -0.25) is 9.89 Å². The first-order valence-corrected chi connectivity index (χ1v) is 8.19. The lowest BCUT2D eigenvalue weighted by atomic mass is 10.1. The van der Waals surface area contributed by atoms with E-state index >= 15 is 0 Å². The van der Waals surface area contributed by atoms with Gasteiger partial charge in [0, 0.05) is 12.6 Å². The van der Waals surface area contributed by atoms with Crippen molar-refractivity contribution in [2.45, 2.75) is 18.9 Å². The van der Waals surface area contributed by atoms with Crippen LogP contribution >= 0.6 is 11.3 Å². The fourth-order valence-corrected chi connectivity index (χ4v) is 3.66. The lowest BCUT2D eigenvalue weighted by Crippen LogP contribution is -2.30. The Bertz CT molecular complexity index is 761. The van der Waals surface area contributed by atoms with Crippen LogP contribution in [0.4, 0.5) is 0 Å². The van der Waals surface area contributed by atoms with Crippen molar-refractivity contribution in [3.8, 4) is 11.5 Å². The summed E-state index contributed by atoms with van der Waals surface area (Å²) in [5.41, 5.74) is 2.38. The Morgan fingerprint density at radius 3 is 3.18 bits per heavy atom. The fourth-order valence-electron chi connectivity index (χ4n) is 2.96. The van der Waals surface area contributed by atoms with Crippen molar-refractivity contribution in [1.29, 1.82) is 0 Å². The van der Waals surface area contributed by atoms with Crippen molar-refractivity contribution in [2.24, 2.45) is 0 Å². The van der Waals surface area contributed by atoms with E-state index in [1.807, 2.05) is 17.0 Å². The minimum atomic E-state index is -0.0252. The second-order valence-corrected chi connectivity index (χ2v) is 6.14. The van der Waals surface area contributed by atoms with E-state index in [4.69, 9.17) is 4.42 Å². The zero-order valence-electron chi connectivity index (χ0n) is 11.9. The minimum absolute atomic E-state index is 0.0252. The molecule has 1 saturated heterocycles. The zero-order chi connectivity index (χ0) is 14.9. The highest BCUT2D eigenvalue weighted by molar-refractivity contribution is 7.07. The van der Waals surface area contributed by atoms with E-state index in [9.17, 15) is 4.79 Å². The number of amides is 1. The van der Waals surface area contributed by atoms with Gasteiger partial charge in [-0.2, -0.15) is 16.4 Å². The Hall–Kier alpha value is -2.34. The molecule has 1 atom stereocenters. The number of H-pyrrole nitrogens is 1. The molecule has 0 spiro atoms. The summed E-state index contributed by atoms with van der Waals surface area (Å²) in [5, 5.41) is 11.2. The number of hydrogen-bond acceptors (Lipinski definition) is 4. The van der Waals surface area contributed by atoms with Gasteiger partial charge >= 0.3 is 0 Å². The second-order valence-electron chi connectivity index (χ2n) is 5.36. The average molecular weight is 313 g/mol. The maximum atomic E-state index is 12.8. The van der Waals surface area contributed by atoms with E-state index in [0.29, 0.717) is 11.5 Å². The number of carbonyl (C=O) groups is 1. The van der Waals surface area contributed by atoms with Gasteiger partial charge in [0.1, 0.15) is 5.69 Å². The van der Waals surface area contributed by atoms with E-state index in [1.165, 1.54) is 5.56 Å². The van der Waals surface area contributed by atoms with Crippen LogP contribution in [-0.2, 0) is 0 Å². The Kier molecular flexibility index (Phi) is 3.31. The first kappa shape index (κ1) is 13.3. The van der Waals surface area contributed by atoms with Crippen molar-refractivity contribution in [1.82, 2.24) is 15.1 Å². The summed E-state index contributed by atoms with van der Waals surface area (Å²) in [6.07, 6.45) is 3.64. The highest BCUT2D eigenvalue weighted by Gasteiger charge is 2.32. The SMILES string of the molecule is O=C(c1cc(-c2ccco2)[nH]n1)N1CCC[C@@H]1c1ccsc1. The molecule has 4 rings (SSSR count). The van der Waals surface area contributed by atoms with Crippen LogP contribution < -0.4 is 0 Å². The molecule has 0 aliphatic carbocycles. The van der Waals surface area contributed by atoms with Gasteiger partial charge in [-0.1, -0.05) is 0 Å². The van der Waals surface area contributed by atoms with Crippen molar-refractivity contribution in [3.05, 3.63) is 52.5 Å². The van der Waals surface area contributed by atoms with Crippen LogP contribution in [0.5, 0.6) is 0 Å². The Labute approximate surface area is 131 Å². The van der Waals surface area contributed by atoms with Crippen LogP contribution in [0.1, 0.15) is 34.9 Å². The van der Waals surface area contributed by atoms with Gasteiger partial charge in [0.15, 0.2) is 11.5 Å². The predicted octanol–water partition coefficient (Wildman–Crippen LogP) is 3.71. The van der Waals surface area contributed by atoms with Gasteiger partial charge in [0.05, 0.1) is 12.3 Å². The first-order valence-electron chi connectivity index (χ1n) is 7.25. The topological polar surface area (TPSA) is 62.1 Å². The minimum Gasteiger partial charge on any atom is -0.463 e. The van der Waals surface area contributed by atoms with Crippen LogP contribution in [0.15, 0.2) is 45.7 Å². The number of furan rings is 1. The van der Waals surface area contributed by atoms with Gasteiger partial charge < -0.3 is 9.32 Å². The Balaban J connectivity index is 1.59. The fraction of sp³-hybridized carbons (Fsp3) is 0.250. The quantitative estimate of drug-likeness (QED) is 0.802. The van der Waals surface area contributed by atoms with Crippen molar-refractivity contribution in [2.75, 3.05) is 6.54 Å². The molecule has 6 heteroatoms.